The molecule has 0 aliphatic carbocycles. The second-order valence-corrected chi connectivity index (χ2v) is 8.07. The smallest absolute Gasteiger partial charge is 0.322 e. The first kappa shape index (κ1) is 23.2. The van der Waals surface area contributed by atoms with Gasteiger partial charge in [-0.15, -0.1) is 0 Å². The number of anilines is 1. The lowest BCUT2D eigenvalue weighted by molar-refractivity contribution is -0.137. The summed E-state index contributed by atoms with van der Waals surface area (Å²) in [7, 11) is 0. The molecule has 5 nitrogen and oxygen atoms in total. The molecule has 0 spiro atoms. The molecule has 0 unspecified atom stereocenters. The zero-order chi connectivity index (χ0) is 22.6. The van der Waals surface area contributed by atoms with Crippen molar-refractivity contribution >= 4 is 23.6 Å². The average Bonchev–Trinajstić information content (AvgIpc) is 2.68. The van der Waals surface area contributed by atoms with E-state index in [0.717, 1.165) is 27.9 Å². The van der Waals surface area contributed by atoms with Crippen LogP contribution in [-0.4, -0.2) is 29.6 Å². The van der Waals surface area contributed by atoms with Crippen molar-refractivity contribution in [3.05, 3.63) is 57.7 Å². The first-order valence-electron chi connectivity index (χ1n) is 10.2. The first-order valence-corrected chi connectivity index (χ1v) is 10.2. The van der Waals surface area contributed by atoms with Crippen LogP contribution in [0.1, 0.15) is 48.6 Å². The maximum absolute atomic E-state index is 12.2. The van der Waals surface area contributed by atoms with Crippen molar-refractivity contribution in [3.63, 3.8) is 0 Å². The summed E-state index contributed by atoms with van der Waals surface area (Å²) in [5.74, 6) is -1.43. The summed E-state index contributed by atoms with van der Waals surface area (Å²) in [5.41, 5.74) is 9.54. The van der Waals surface area contributed by atoms with E-state index in [0.29, 0.717) is 11.6 Å². The van der Waals surface area contributed by atoms with Gasteiger partial charge in [0.1, 0.15) is 6.54 Å². The van der Waals surface area contributed by atoms with Crippen LogP contribution in [0.3, 0.4) is 0 Å². The first-order chi connectivity index (χ1) is 14.0. The van der Waals surface area contributed by atoms with Crippen LogP contribution in [-0.2, 0) is 9.59 Å². The highest BCUT2D eigenvalue weighted by Gasteiger charge is 2.16. The zero-order valence-corrected chi connectivity index (χ0v) is 18.9. The summed E-state index contributed by atoms with van der Waals surface area (Å²) in [6.07, 6.45) is 1.85. The molecule has 0 saturated heterocycles. The van der Waals surface area contributed by atoms with Crippen LogP contribution in [0, 0.1) is 27.7 Å². The van der Waals surface area contributed by atoms with Gasteiger partial charge in [0.05, 0.1) is 0 Å². The van der Waals surface area contributed by atoms with Crippen LogP contribution in [0.5, 0.6) is 0 Å². The summed E-state index contributed by atoms with van der Waals surface area (Å²) in [4.78, 5) is 22.9. The Morgan fingerprint density at radius 2 is 1.50 bits per heavy atom. The van der Waals surface area contributed by atoms with Crippen molar-refractivity contribution < 1.29 is 14.7 Å². The van der Waals surface area contributed by atoms with E-state index in [9.17, 15) is 9.59 Å². The van der Waals surface area contributed by atoms with Crippen molar-refractivity contribution in [2.45, 2.75) is 54.5 Å². The van der Waals surface area contributed by atoms with Crippen molar-refractivity contribution in [3.8, 4) is 11.1 Å². The van der Waals surface area contributed by atoms with Crippen LogP contribution in [0.25, 0.3) is 17.2 Å². The minimum atomic E-state index is -1.06. The van der Waals surface area contributed by atoms with E-state index in [2.05, 4.69) is 76.4 Å². The molecular weight excluding hydrogens is 376 g/mol. The zero-order valence-electron chi connectivity index (χ0n) is 18.9. The Kier molecular flexibility index (Phi) is 7.43. The van der Waals surface area contributed by atoms with Crippen LogP contribution in [0.2, 0.25) is 0 Å². The molecule has 0 heterocycles. The van der Waals surface area contributed by atoms with E-state index in [1.54, 1.807) is 6.92 Å². The predicted molar refractivity (Wildman–Crippen MR) is 124 cm³/mol. The van der Waals surface area contributed by atoms with Gasteiger partial charge < -0.3 is 15.7 Å². The normalized spacial score (nSPS) is 11.5. The Balaban J connectivity index is 2.46. The number of benzene rings is 2. The number of hydrogen-bond acceptors (Lipinski definition) is 3. The maximum Gasteiger partial charge on any atom is 0.322 e. The van der Waals surface area contributed by atoms with Gasteiger partial charge in [-0.2, -0.15) is 0 Å². The molecule has 0 fully saturated rings. The number of carboxylic acids is 1. The Bertz CT molecular complexity index is 957. The second kappa shape index (κ2) is 9.61. The number of rotatable bonds is 7. The van der Waals surface area contributed by atoms with Gasteiger partial charge in [0.25, 0.3) is 0 Å². The maximum atomic E-state index is 12.2. The molecule has 160 valence electrons. The van der Waals surface area contributed by atoms with E-state index in [1.165, 1.54) is 16.7 Å². The summed E-state index contributed by atoms with van der Waals surface area (Å²) in [6, 6.07) is 8.86. The van der Waals surface area contributed by atoms with Crippen molar-refractivity contribution in [2.75, 3.05) is 11.9 Å². The number of nitrogens with one attached hydrogen (secondary N) is 2. The van der Waals surface area contributed by atoms with Crippen LogP contribution in [0.15, 0.2) is 29.8 Å². The molecule has 30 heavy (non-hydrogen) atoms. The van der Waals surface area contributed by atoms with Gasteiger partial charge in [-0.25, -0.2) is 0 Å². The molecule has 2 rings (SSSR count). The molecule has 2 aromatic rings. The van der Waals surface area contributed by atoms with E-state index >= 15 is 0 Å². The van der Waals surface area contributed by atoms with Crippen molar-refractivity contribution in [1.82, 2.24) is 5.32 Å². The summed E-state index contributed by atoms with van der Waals surface area (Å²) in [5, 5.41) is 14.6. The molecular formula is C25H32N2O3. The number of hydrogen-bond donors (Lipinski definition) is 3. The van der Waals surface area contributed by atoms with Crippen LogP contribution >= 0.6 is 0 Å². The fourth-order valence-corrected chi connectivity index (χ4v) is 3.63. The molecule has 0 saturated carbocycles. The molecule has 0 aromatic heterocycles. The Hall–Kier alpha value is -3.08. The molecule has 0 radical (unpaired) electrons. The molecule has 0 aliphatic rings. The number of carboxylic acid groups (broad SMARTS) is 1. The Morgan fingerprint density at radius 1 is 0.967 bits per heavy atom. The van der Waals surface area contributed by atoms with E-state index in [4.69, 9.17) is 5.11 Å². The van der Waals surface area contributed by atoms with Gasteiger partial charge in [0.15, 0.2) is 0 Å². The molecule has 0 bridgehead atoms. The third-order valence-corrected chi connectivity index (χ3v) is 5.43. The van der Waals surface area contributed by atoms with Crippen LogP contribution in [0.4, 0.5) is 5.69 Å². The molecule has 3 N–H and O–H groups in total. The highest BCUT2D eigenvalue weighted by molar-refractivity contribution is 5.99. The van der Waals surface area contributed by atoms with E-state index in [-0.39, 0.29) is 12.5 Å². The van der Waals surface area contributed by atoms with Gasteiger partial charge in [0, 0.05) is 17.3 Å². The standard InChI is InChI=1S/C25H32N2O3/c1-14(2)27-21-10-8-20(9-11-21)24-18(6)16(4)22(17(5)19(24)7)12-15(3)25(30)26-13-23(28)29/h8-12,14,27H,13H2,1-7H3,(H,26,30)(H,28,29). The van der Waals surface area contributed by atoms with E-state index in [1.807, 2.05) is 6.08 Å². The van der Waals surface area contributed by atoms with Gasteiger partial charge in [-0.3, -0.25) is 9.59 Å². The van der Waals surface area contributed by atoms with Gasteiger partial charge in [-0.05, 0) is 106 Å². The number of carbonyl (C=O) groups excluding carboxylic acids is 1. The average molecular weight is 409 g/mol. The summed E-state index contributed by atoms with van der Waals surface area (Å²) in [6.45, 7) is 13.9. The number of carbonyl (C=O) groups is 2. The third kappa shape index (κ3) is 5.29. The lowest BCUT2D eigenvalue weighted by Gasteiger charge is -2.20. The predicted octanol–water partition coefficient (Wildman–Crippen LogP) is 5.01. The van der Waals surface area contributed by atoms with E-state index < -0.39 is 5.97 Å². The number of amides is 1. The lowest BCUT2D eigenvalue weighted by atomic mass is 9.85. The van der Waals surface area contributed by atoms with Gasteiger partial charge in [-0.1, -0.05) is 12.1 Å². The van der Waals surface area contributed by atoms with Crippen molar-refractivity contribution in [2.24, 2.45) is 0 Å². The SMILES string of the molecule is CC(=Cc1c(C)c(C)c(-c2ccc(NC(C)C)cc2)c(C)c1C)C(=O)NCC(=O)O. The Morgan fingerprint density at radius 3 is 1.97 bits per heavy atom. The molecule has 2 aromatic carbocycles. The largest absolute Gasteiger partial charge is 0.480 e. The summed E-state index contributed by atoms with van der Waals surface area (Å²) < 4.78 is 0. The van der Waals surface area contributed by atoms with Gasteiger partial charge in [0.2, 0.25) is 5.91 Å². The lowest BCUT2D eigenvalue weighted by Crippen LogP contribution is -2.29. The minimum Gasteiger partial charge on any atom is -0.480 e. The fraction of sp³-hybridized carbons (Fsp3) is 0.360. The second-order valence-electron chi connectivity index (χ2n) is 8.07. The monoisotopic (exact) mass is 408 g/mol. The minimum absolute atomic E-state index is 0.371. The highest BCUT2D eigenvalue weighted by Crippen LogP contribution is 2.35. The summed E-state index contributed by atoms with van der Waals surface area (Å²) >= 11 is 0. The van der Waals surface area contributed by atoms with Crippen molar-refractivity contribution in [1.29, 1.82) is 0 Å². The third-order valence-electron chi connectivity index (χ3n) is 5.43. The topological polar surface area (TPSA) is 78.4 Å². The molecule has 0 atom stereocenters. The molecule has 0 aliphatic heterocycles. The Labute approximate surface area is 179 Å². The molecule has 1 amide bonds. The fourth-order valence-electron chi connectivity index (χ4n) is 3.63. The molecule has 5 heteroatoms. The van der Waals surface area contributed by atoms with Crippen LogP contribution < -0.4 is 10.6 Å². The quantitative estimate of drug-likeness (QED) is 0.563. The van der Waals surface area contributed by atoms with Gasteiger partial charge >= 0.3 is 5.97 Å². The highest BCUT2D eigenvalue weighted by atomic mass is 16.4. The number of aliphatic carboxylic acids is 1.